The van der Waals surface area contributed by atoms with E-state index < -0.39 is 5.97 Å². The lowest BCUT2D eigenvalue weighted by Gasteiger charge is -2.20. The third kappa shape index (κ3) is 4.79. The molecule has 1 aliphatic carbocycles. The van der Waals surface area contributed by atoms with Crippen molar-refractivity contribution in [2.75, 3.05) is 44.6 Å². The van der Waals surface area contributed by atoms with Crippen molar-refractivity contribution in [3.63, 3.8) is 0 Å². The molecular weight excluding hydrogens is 490 g/mol. The molecule has 2 N–H and O–H groups in total. The van der Waals surface area contributed by atoms with Gasteiger partial charge in [-0.2, -0.15) is 4.98 Å². The lowest BCUT2D eigenvalue weighted by Crippen LogP contribution is -2.25. The molecule has 0 radical (unpaired) electrons. The zero-order valence-electron chi connectivity index (χ0n) is 21.5. The summed E-state index contributed by atoms with van der Waals surface area (Å²) < 4.78 is 16.4. The van der Waals surface area contributed by atoms with E-state index in [1.807, 2.05) is 17.0 Å². The first kappa shape index (κ1) is 25.2. The molecular formula is C27H29N5O6. The maximum Gasteiger partial charge on any atom is 0.354 e. The van der Waals surface area contributed by atoms with Gasteiger partial charge in [-0.15, -0.1) is 0 Å². The van der Waals surface area contributed by atoms with Crippen molar-refractivity contribution < 1.29 is 28.9 Å². The van der Waals surface area contributed by atoms with Gasteiger partial charge in [0.2, 0.25) is 11.7 Å². The molecule has 11 nitrogen and oxygen atoms in total. The normalized spacial score (nSPS) is 16.2. The van der Waals surface area contributed by atoms with Crippen LogP contribution in [0.1, 0.15) is 44.9 Å². The number of aromatic nitrogens is 3. The Hall–Kier alpha value is -4.41. The second-order valence-corrected chi connectivity index (χ2v) is 9.22. The van der Waals surface area contributed by atoms with E-state index in [1.54, 1.807) is 21.3 Å². The fourth-order valence-electron chi connectivity index (χ4n) is 5.01. The summed E-state index contributed by atoms with van der Waals surface area (Å²) >= 11 is 0. The minimum Gasteiger partial charge on any atom is -0.493 e. The standard InChI is InChI=1S/C27H29N5O6/c1-36-21-11-17(12-22(37-2)24(21)38-3)29-25-18-5-4-6-19(18)30-27(31-25)32-10-9-16(14-32)23(33)15-7-8-20(26(34)35)28-13-15/h7-8,11-13,16H,4-6,9-10,14H2,1-3H3,(H,34,35)(H,29,30,31). The molecule has 0 spiro atoms. The quantitative estimate of drug-likeness (QED) is 0.402. The van der Waals surface area contributed by atoms with Gasteiger partial charge in [0.25, 0.3) is 0 Å². The summed E-state index contributed by atoms with van der Waals surface area (Å²) in [6.45, 7) is 1.11. The first-order chi connectivity index (χ1) is 18.4. The topological polar surface area (TPSA) is 136 Å². The second-order valence-electron chi connectivity index (χ2n) is 9.22. The van der Waals surface area contributed by atoms with Gasteiger partial charge in [-0.1, -0.05) is 0 Å². The van der Waals surface area contributed by atoms with Crippen molar-refractivity contribution in [2.24, 2.45) is 5.92 Å². The van der Waals surface area contributed by atoms with Crippen molar-refractivity contribution in [1.29, 1.82) is 0 Å². The molecule has 1 atom stereocenters. The summed E-state index contributed by atoms with van der Waals surface area (Å²) in [5, 5.41) is 12.5. The number of Topliss-reactive ketones (excluding diaryl/α,β-unsaturated/α-hetero) is 1. The first-order valence-corrected chi connectivity index (χ1v) is 12.4. The Morgan fingerprint density at radius 2 is 1.82 bits per heavy atom. The monoisotopic (exact) mass is 519 g/mol. The summed E-state index contributed by atoms with van der Waals surface area (Å²) in [6, 6.07) is 6.54. The van der Waals surface area contributed by atoms with Gasteiger partial charge in [0.05, 0.1) is 27.0 Å². The number of aromatic carboxylic acids is 1. The zero-order valence-corrected chi connectivity index (χ0v) is 21.5. The fourth-order valence-corrected chi connectivity index (χ4v) is 5.01. The highest BCUT2D eigenvalue weighted by atomic mass is 16.5. The number of pyridine rings is 1. The van der Waals surface area contributed by atoms with E-state index in [-0.39, 0.29) is 17.4 Å². The van der Waals surface area contributed by atoms with Crippen molar-refractivity contribution in [3.05, 3.63) is 53.0 Å². The van der Waals surface area contributed by atoms with Crippen LogP contribution in [0.5, 0.6) is 17.2 Å². The highest BCUT2D eigenvalue weighted by Gasteiger charge is 2.32. The molecule has 1 aliphatic heterocycles. The van der Waals surface area contributed by atoms with Crippen LogP contribution < -0.4 is 24.4 Å². The molecule has 1 aromatic carbocycles. The maximum atomic E-state index is 13.1. The van der Waals surface area contributed by atoms with Crippen LogP contribution in [-0.4, -0.2) is 66.2 Å². The number of benzene rings is 1. The fraction of sp³-hybridized carbons (Fsp3) is 0.370. The molecule has 198 valence electrons. The van der Waals surface area contributed by atoms with Gasteiger partial charge in [0.1, 0.15) is 11.5 Å². The van der Waals surface area contributed by atoms with Crippen LogP contribution in [0.15, 0.2) is 30.5 Å². The number of rotatable bonds is 9. The van der Waals surface area contributed by atoms with Crippen LogP contribution in [0, 0.1) is 5.92 Å². The van der Waals surface area contributed by atoms with Crippen LogP contribution in [0.4, 0.5) is 17.5 Å². The largest absolute Gasteiger partial charge is 0.493 e. The van der Waals surface area contributed by atoms with Crippen molar-refractivity contribution in [1.82, 2.24) is 15.0 Å². The average molecular weight is 520 g/mol. The number of fused-ring (bicyclic) bond motifs is 1. The minimum atomic E-state index is -1.12. The van der Waals surface area contributed by atoms with Gasteiger partial charge in [-0.05, 0) is 37.8 Å². The first-order valence-electron chi connectivity index (χ1n) is 12.4. The van der Waals surface area contributed by atoms with Gasteiger partial charge < -0.3 is 29.5 Å². The molecule has 0 saturated carbocycles. The maximum absolute atomic E-state index is 13.1. The number of anilines is 3. The SMILES string of the molecule is COc1cc(Nc2nc(N3CCC(C(=O)c4ccc(C(=O)O)nc4)C3)nc3c2CCC3)cc(OC)c1OC. The molecule has 1 fully saturated rings. The highest BCUT2D eigenvalue weighted by molar-refractivity contribution is 5.98. The Morgan fingerprint density at radius 1 is 1.05 bits per heavy atom. The number of carbonyl (C=O) groups is 2. The minimum absolute atomic E-state index is 0.0612. The number of ketones is 1. The van der Waals surface area contributed by atoms with E-state index in [9.17, 15) is 9.59 Å². The van der Waals surface area contributed by atoms with E-state index in [0.717, 1.165) is 42.0 Å². The number of nitrogens with one attached hydrogen (secondary N) is 1. The van der Waals surface area contributed by atoms with Gasteiger partial charge in [-0.3, -0.25) is 4.79 Å². The average Bonchev–Trinajstić information content (AvgIpc) is 3.62. The summed E-state index contributed by atoms with van der Waals surface area (Å²) in [6.07, 6.45) is 4.72. The number of carboxylic acids is 1. The third-order valence-electron chi connectivity index (χ3n) is 6.96. The molecule has 38 heavy (non-hydrogen) atoms. The van der Waals surface area contributed by atoms with Gasteiger partial charge in [0.15, 0.2) is 17.3 Å². The molecule has 0 bridgehead atoms. The molecule has 5 rings (SSSR count). The number of carbonyl (C=O) groups excluding carboxylic acids is 1. The van der Waals surface area contributed by atoms with Crippen molar-refractivity contribution >= 4 is 29.2 Å². The lowest BCUT2D eigenvalue weighted by molar-refractivity contribution is 0.0689. The zero-order chi connectivity index (χ0) is 26.8. The number of nitrogens with zero attached hydrogens (tertiary/aromatic N) is 4. The van der Waals surface area contributed by atoms with E-state index in [4.69, 9.17) is 29.3 Å². The van der Waals surface area contributed by atoms with E-state index in [1.165, 1.54) is 18.3 Å². The Balaban J connectivity index is 1.38. The third-order valence-corrected chi connectivity index (χ3v) is 6.96. The van der Waals surface area contributed by atoms with E-state index >= 15 is 0 Å². The molecule has 3 heterocycles. The highest BCUT2D eigenvalue weighted by Crippen LogP contribution is 2.41. The van der Waals surface area contributed by atoms with Gasteiger partial charge >= 0.3 is 5.97 Å². The predicted molar refractivity (Wildman–Crippen MR) is 139 cm³/mol. The number of ether oxygens (including phenoxy) is 3. The Labute approximate surface area is 219 Å². The van der Waals surface area contributed by atoms with E-state index in [0.29, 0.717) is 48.3 Å². The van der Waals surface area contributed by atoms with Gasteiger partial charge in [0, 0.05) is 54.2 Å². The van der Waals surface area contributed by atoms with Crippen LogP contribution >= 0.6 is 0 Å². The van der Waals surface area contributed by atoms with Crippen LogP contribution in [0.3, 0.4) is 0 Å². The lowest BCUT2D eigenvalue weighted by atomic mass is 9.98. The summed E-state index contributed by atoms with van der Waals surface area (Å²) in [5.41, 5.74) is 3.15. The van der Waals surface area contributed by atoms with E-state index in [2.05, 4.69) is 10.3 Å². The molecule has 2 aliphatic rings. The van der Waals surface area contributed by atoms with Crippen molar-refractivity contribution in [3.8, 4) is 17.2 Å². The second kappa shape index (κ2) is 10.5. The molecule has 1 unspecified atom stereocenters. The Morgan fingerprint density at radius 3 is 2.45 bits per heavy atom. The number of hydrogen-bond acceptors (Lipinski definition) is 10. The smallest absolute Gasteiger partial charge is 0.354 e. The van der Waals surface area contributed by atoms with Gasteiger partial charge in [-0.25, -0.2) is 14.8 Å². The Bertz CT molecular complexity index is 1350. The molecule has 1 saturated heterocycles. The Kier molecular flexibility index (Phi) is 6.99. The summed E-state index contributed by atoms with van der Waals surface area (Å²) in [7, 11) is 4.71. The number of carboxylic acid groups (broad SMARTS) is 1. The summed E-state index contributed by atoms with van der Waals surface area (Å²) in [4.78, 5) is 39.8. The number of hydrogen-bond donors (Lipinski definition) is 2. The molecule has 3 aromatic rings. The van der Waals surface area contributed by atoms with Crippen LogP contribution in [0.2, 0.25) is 0 Å². The van der Waals surface area contributed by atoms with Crippen LogP contribution in [0.25, 0.3) is 0 Å². The predicted octanol–water partition coefficient (Wildman–Crippen LogP) is 3.54. The van der Waals surface area contributed by atoms with Crippen molar-refractivity contribution in [2.45, 2.75) is 25.7 Å². The molecule has 11 heteroatoms. The van der Waals surface area contributed by atoms with Crippen LogP contribution in [-0.2, 0) is 12.8 Å². The number of methoxy groups -OCH3 is 3. The molecule has 2 aromatic heterocycles. The summed E-state index contributed by atoms with van der Waals surface area (Å²) in [5.74, 6) is 1.44. The molecule has 0 amide bonds. The number of aryl methyl sites for hydroxylation is 1.